The van der Waals surface area contributed by atoms with Crippen LogP contribution in [0.15, 0.2) is 78.9 Å². The maximum absolute atomic E-state index is 13.8. The molecule has 0 spiro atoms. The Kier molecular flexibility index (Phi) is 8.61. The first-order valence-corrected chi connectivity index (χ1v) is 12.6. The van der Waals surface area contributed by atoms with Crippen LogP contribution < -0.4 is 5.32 Å². The fourth-order valence-corrected chi connectivity index (χ4v) is 4.24. The van der Waals surface area contributed by atoms with Gasteiger partial charge in [-0.3, -0.25) is 9.59 Å². The Morgan fingerprint density at radius 2 is 1.68 bits per heavy atom. The Hall–Kier alpha value is -4.07. The minimum absolute atomic E-state index is 0.0771. The first-order chi connectivity index (χ1) is 17.9. The molecule has 0 aliphatic rings. The van der Waals surface area contributed by atoms with Gasteiger partial charge in [-0.05, 0) is 54.2 Å². The Morgan fingerprint density at radius 1 is 0.973 bits per heavy atom. The molecule has 0 saturated carbocycles. The predicted molar refractivity (Wildman–Crippen MR) is 141 cm³/mol. The number of aromatic nitrogens is 3. The topological polar surface area (TPSA) is 80.1 Å². The lowest BCUT2D eigenvalue weighted by molar-refractivity contribution is -0.141. The van der Waals surface area contributed by atoms with E-state index in [4.69, 9.17) is 0 Å². The van der Waals surface area contributed by atoms with Crippen LogP contribution in [0.2, 0.25) is 0 Å². The highest BCUT2D eigenvalue weighted by molar-refractivity contribution is 5.89. The molecule has 8 heteroatoms. The molecule has 0 unspecified atom stereocenters. The quantitative estimate of drug-likeness (QED) is 0.327. The van der Waals surface area contributed by atoms with E-state index in [0.29, 0.717) is 36.5 Å². The van der Waals surface area contributed by atoms with Crippen molar-refractivity contribution in [3.05, 3.63) is 95.8 Å². The van der Waals surface area contributed by atoms with E-state index in [1.54, 1.807) is 21.7 Å². The minimum atomic E-state index is -0.918. The third-order valence-electron chi connectivity index (χ3n) is 6.28. The van der Waals surface area contributed by atoms with Crippen molar-refractivity contribution in [2.24, 2.45) is 5.92 Å². The first kappa shape index (κ1) is 26.0. The summed E-state index contributed by atoms with van der Waals surface area (Å²) in [6, 6.07) is 22.1. The lowest BCUT2D eigenvalue weighted by Crippen LogP contribution is -2.46. The average molecular weight is 502 g/mol. The van der Waals surface area contributed by atoms with Gasteiger partial charge in [0.2, 0.25) is 11.8 Å². The third kappa shape index (κ3) is 6.78. The molecule has 3 aromatic carbocycles. The highest BCUT2D eigenvalue weighted by atomic mass is 19.1. The molecule has 1 atom stereocenters. The zero-order valence-corrected chi connectivity index (χ0v) is 21.2. The molecule has 37 heavy (non-hydrogen) atoms. The molecule has 7 nitrogen and oxygen atoms in total. The van der Waals surface area contributed by atoms with Gasteiger partial charge in [0, 0.05) is 13.1 Å². The minimum Gasteiger partial charge on any atom is -0.354 e. The normalized spacial score (nSPS) is 12.0. The van der Waals surface area contributed by atoms with Crippen LogP contribution in [0.5, 0.6) is 0 Å². The highest BCUT2D eigenvalue weighted by Gasteiger charge is 2.31. The van der Waals surface area contributed by atoms with Gasteiger partial charge in [0.1, 0.15) is 23.9 Å². The third-order valence-corrected chi connectivity index (χ3v) is 6.28. The van der Waals surface area contributed by atoms with Gasteiger partial charge < -0.3 is 10.2 Å². The van der Waals surface area contributed by atoms with Crippen molar-refractivity contribution in [1.82, 2.24) is 25.2 Å². The summed E-state index contributed by atoms with van der Waals surface area (Å²) >= 11 is 0. The van der Waals surface area contributed by atoms with Crippen molar-refractivity contribution in [2.45, 2.75) is 39.3 Å². The number of carbonyl (C=O) groups excluding carboxylic acids is 2. The van der Waals surface area contributed by atoms with Crippen LogP contribution in [0.4, 0.5) is 4.39 Å². The van der Waals surface area contributed by atoms with Crippen LogP contribution in [0.1, 0.15) is 37.4 Å². The molecule has 0 radical (unpaired) electrons. The molecule has 4 aromatic rings. The molecule has 2 amide bonds. The summed E-state index contributed by atoms with van der Waals surface area (Å²) in [6.45, 7) is 4.88. The van der Waals surface area contributed by atoms with E-state index in [-0.39, 0.29) is 18.4 Å². The summed E-state index contributed by atoms with van der Waals surface area (Å²) in [4.78, 5) is 28.9. The maximum Gasteiger partial charge on any atom is 0.247 e. The number of rotatable bonds is 11. The lowest BCUT2D eigenvalue weighted by Gasteiger charge is -2.31. The van der Waals surface area contributed by atoms with Gasteiger partial charge in [-0.25, -0.2) is 9.07 Å². The first-order valence-electron chi connectivity index (χ1n) is 12.6. The predicted octanol–water partition coefficient (Wildman–Crippen LogP) is 4.55. The summed E-state index contributed by atoms with van der Waals surface area (Å²) in [5.74, 6) is -0.558. The van der Waals surface area contributed by atoms with E-state index >= 15 is 0 Å². The largest absolute Gasteiger partial charge is 0.354 e. The second-order valence-corrected chi connectivity index (χ2v) is 9.49. The number of hydrogen-bond donors (Lipinski definition) is 1. The summed E-state index contributed by atoms with van der Waals surface area (Å²) in [5.41, 5.74) is 3.02. The van der Waals surface area contributed by atoms with E-state index in [1.807, 2.05) is 54.6 Å². The van der Waals surface area contributed by atoms with Crippen LogP contribution in [-0.4, -0.2) is 44.8 Å². The summed E-state index contributed by atoms with van der Waals surface area (Å²) in [7, 11) is 0. The van der Waals surface area contributed by atoms with Crippen molar-refractivity contribution in [2.75, 3.05) is 13.1 Å². The monoisotopic (exact) mass is 501 g/mol. The summed E-state index contributed by atoms with van der Waals surface area (Å²) < 4.78 is 15.3. The van der Waals surface area contributed by atoms with E-state index in [2.05, 4.69) is 29.5 Å². The van der Waals surface area contributed by atoms with Crippen molar-refractivity contribution in [3.63, 3.8) is 0 Å². The van der Waals surface area contributed by atoms with Gasteiger partial charge in [0.25, 0.3) is 0 Å². The Morgan fingerprint density at radius 3 is 2.41 bits per heavy atom. The van der Waals surface area contributed by atoms with E-state index in [0.717, 1.165) is 17.5 Å². The number of nitrogens with zero attached hydrogens (tertiary/aromatic N) is 4. The van der Waals surface area contributed by atoms with E-state index in [1.165, 1.54) is 12.1 Å². The lowest BCUT2D eigenvalue weighted by atomic mass is 10.0. The number of para-hydroxylation sites is 1. The van der Waals surface area contributed by atoms with Crippen molar-refractivity contribution in [1.29, 1.82) is 0 Å². The number of nitrogens with one attached hydrogen (secondary N) is 1. The second-order valence-electron chi connectivity index (χ2n) is 9.49. The Bertz CT molecular complexity index is 1320. The number of fused-ring (bicyclic) bond motifs is 1. The Labute approximate surface area is 216 Å². The van der Waals surface area contributed by atoms with Crippen LogP contribution >= 0.6 is 0 Å². The summed E-state index contributed by atoms with van der Waals surface area (Å²) in [6.07, 6.45) is 1.37. The fourth-order valence-electron chi connectivity index (χ4n) is 4.24. The van der Waals surface area contributed by atoms with Crippen LogP contribution in [0.3, 0.4) is 0 Å². The van der Waals surface area contributed by atoms with Gasteiger partial charge in [-0.2, -0.15) is 0 Å². The van der Waals surface area contributed by atoms with Crippen LogP contribution in [0.25, 0.3) is 11.0 Å². The molecule has 0 fully saturated rings. The van der Waals surface area contributed by atoms with Gasteiger partial charge in [0.15, 0.2) is 0 Å². The van der Waals surface area contributed by atoms with Crippen LogP contribution in [0, 0.1) is 11.7 Å². The maximum atomic E-state index is 13.8. The molecule has 192 valence electrons. The number of hydrogen-bond acceptors (Lipinski definition) is 4. The van der Waals surface area contributed by atoms with Gasteiger partial charge in [0.05, 0.1) is 5.52 Å². The van der Waals surface area contributed by atoms with E-state index in [9.17, 15) is 14.0 Å². The van der Waals surface area contributed by atoms with Gasteiger partial charge in [-0.1, -0.05) is 73.7 Å². The van der Waals surface area contributed by atoms with Crippen molar-refractivity contribution in [3.8, 4) is 0 Å². The molecule has 0 bridgehead atoms. The van der Waals surface area contributed by atoms with Crippen molar-refractivity contribution < 1.29 is 14.0 Å². The zero-order chi connectivity index (χ0) is 26.2. The summed E-state index contributed by atoms with van der Waals surface area (Å²) in [5, 5.41) is 11.3. The average Bonchev–Trinajstić information content (AvgIpc) is 3.30. The molecule has 0 aliphatic heterocycles. The van der Waals surface area contributed by atoms with Gasteiger partial charge >= 0.3 is 0 Å². The molecule has 1 N–H and O–H groups in total. The molecular formula is C29H32FN5O2. The van der Waals surface area contributed by atoms with E-state index < -0.39 is 11.9 Å². The standard InChI is InChI=1S/C29H32FN5O2/c1-21(2)16-18-31-29(37)28(23-12-14-24(30)15-13-23)34(19-17-22-8-4-3-5-9-22)27(36)20-35-26-11-7-6-10-25(26)32-33-35/h3-15,21,28H,16-20H2,1-2H3,(H,31,37)/t28-/m0/s1. The zero-order valence-electron chi connectivity index (χ0n) is 21.2. The number of halogens is 1. The molecule has 4 rings (SSSR count). The second kappa shape index (κ2) is 12.3. The number of amides is 2. The molecule has 0 saturated heterocycles. The fraction of sp³-hybridized carbons (Fsp3) is 0.310. The highest BCUT2D eigenvalue weighted by Crippen LogP contribution is 2.24. The molecular weight excluding hydrogens is 469 g/mol. The smallest absolute Gasteiger partial charge is 0.247 e. The van der Waals surface area contributed by atoms with Crippen LogP contribution in [-0.2, 0) is 22.6 Å². The number of benzene rings is 3. The molecule has 1 aromatic heterocycles. The Balaban J connectivity index is 1.66. The SMILES string of the molecule is CC(C)CCNC(=O)[C@H](c1ccc(F)cc1)N(CCc1ccccc1)C(=O)Cn1nnc2ccccc21. The van der Waals surface area contributed by atoms with Gasteiger partial charge in [-0.15, -0.1) is 5.10 Å². The number of carbonyl (C=O) groups is 2. The molecule has 0 aliphatic carbocycles. The van der Waals surface area contributed by atoms with Crippen molar-refractivity contribution >= 4 is 22.8 Å². The molecule has 1 heterocycles.